The molecular formula is C7H9NO. The van der Waals surface area contributed by atoms with E-state index in [0.717, 1.165) is 6.42 Å². The Kier molecular flexibility index (Phi) is 2.07. The van der Waals surface area contributed by atoms with Crippen molar-refractivity contribution in [2.75, 3.05) is 0 Å². The van der Waals surface area contributed by atoms with Crippen LogP contribution in [-0.2, 0) is 4.79 Å². The monoisotopic (exact) mass is 123 g/mol. The van der Waals surface area contributed by atoms with E-state index in [1.54, 1.807) is 6.20 Å². The van der Waals surface area contributed by atoms with Crippen molar-refractivity contribution in [2.45, 2.75) is 12.8 Å². The van der Waals surface area contributed by atoms with Crippen molar-refractivity contribution in [1.82, 2.24) is 5.32 Å². The number of hydrogen-bond acceptors (Lipinski definition) is 1. The highest BCUT2D eigenvalue weighted by molar-refractivity contribution is 5.77. The van der Waals surface area contributed by atoms with Gasteiger partial charge in [0.15, 0.2) is 0 Å². The van der Waals surface area contributed by atoms with Gasteiger partial charge in [-0.05, 0) is 12.5 Å². The summed E-state index contributed by atoms with van der Waals surface area (Å²) in [5, 5.41) is 2.61. The number of carbonyl (C=O) groups excluding carboxylic acids is 1. The van der Waals surface area contributed by atoms with Crippen LogP contribution in [-0.4, -0.2) is 5.91 Å². The van der Waals surface area contributed by atoms with Gasteiger partial charge in [0.25, 0.3) is 0 Å². The summed E-state index contributed by atoms with van der Waals surface area (Å²) in [5.41, 5.74) is 0. The van der Waals surface area contributed by atoms with Gasteiger partial charge in [-0.15, -0.1) is 0 Å². The lowest BCUT2D eigenvalue weighted by atomic mass is 10.2. The van der Waals surface area contributed by atoms with E-state index in [4.69, 9.17) is 0 Å². The van der Waals surface area contributed by atoms with Crippen LogP contribution >= 0.6 is 0 Å². The zero-order valence-electron chi connectivity index (χ0n) is 5.13. The maximum Gasteiger partial charge on any atom is 0.224 e. The summed E-state index contributed by atoms with van der Waals surface area (Å²) in [5.74, 6) is 0.0931. The van der Waals surface area contributed by atoms with E-state index in [-0.39, 0.29) is 5.91 Å². The molecular weight excluding hydrogens is 114 g/mol. The summed E-state index contributed by atoms with van der Waals surface area (Å²) in [6, 6.07) is 0. The second kappa shape index (κ2) is 3.07. The molecule has 2 heteroatoms. The third-order valence-corrected chi connectivity index (χ3v) is 1.13. The molecule has 2 nitrogen and oxygen atoms in total. The van der Waals surface area contributed by atoms with Crippen LogP contribution in [0.4, 0.5) is 0 Å². The van der Waals surface area contributed by atoms with Crippen LogP contribution in [0.25, 0.3) is 0 Å². The first-order valence-electron chi connectivity index (χ1n) is 3.00. The van der Waals surface area contributed by atoms with Gasteiger partial charge in [-0.2, -0.15) is 0 Å². The van der Waals surface area contributed by atoms with Crippen LogP contribution in [0.15, 0.2) is 24.4 Å². The van der Waals surface area contributed by atoms with E-state index in [2.05, 4.69) is 5.32 Å². The van der Waals surface area contributed by atoms with Gasteiger partial charge in [-0.3, -0.25) is 4.79 Å². The summed E-state index contributed by atoms with van der Waals surface area (Å²) >= 11 is 0. The molecule has 0 aromatic rings. The second-order valence-electron chi connectivity index (χ2n) is 1.89. The van der Waals surface area contributed by atoms with Crippen LogP contribution in [0.5, 0.6) is 0 Å². The van der Waals surface area contributed by atoms with Gasteiger partial charge in [0.1, 0.15) is 0 Å². The Bertz CT molecular complexity index is 158. The Balaban J connectivity index is 2.50. The minimum absolute atomic E-state index is 0.0931. The van der Waals surface area contributed by atoms with Crippen molar-refractivity contribution >= 4 is 5.91 Å². The van der Waals surface area contributed by atoms with E-state index in [9.17, 15) is 4.79 Å². The van der Waals surface area contributed by atoms with Gasteiger partial charge in [0.2, 0.25) is 5.91 Å². The van der Waals surface area contributed by atoms with E-state index in [0.29, 0.717) is 6.42 Å². The fourth-order valence-electron chi connectivity index (χ4n) is 0.658. The van der Waals surface area contributed by atoms with Gasteiger partial charge >= 0.3 is 0 Å². The zero-order valence-corrected chi connectivity index (χ0v) is 5.13. The molecule has 0 radical (unpaired) electrons. The average Bonchev–Trinajstić information content (AvgIpc) is 1.79. The molecule has 48 valence electrons. The third kappa shape index (κ3) is 2.13. The van der Waals surface area contributed by atoms with E-state index in [1.807, 2.05) is 18.2 Å². The van der Waals surface area contributed by atoms with Gasteiger partial charge in [0, 0.05) is 12.6 Å². The quantitative estimate of drug-likeness (QED) is 0.511. The van der Waals surface area contributed by atoms with Crippen LogP contribution in [0.3, 0.4) is 0 Å². The number of hydrogen-bond donors (Lipinski definition) is 1. The Morgan fingerprint density at radius 2 is 2.33 bits per heavy atom. The van der Waals surface area contributed by atoms with Crippen molar-refractivity contribution in [3.63, 3.8) is 0 Å². The van der Waals surface area contributed by atoms with E-state index in [1.165, 1.54) is 0 Å². The summed E-state index contributed by atoms with van der Waals surface area (Å²) < 4.78 is 0. The molecule has 1 aliphatic heterocycles. The lowest BCUT2D eigenvalue weighted by molar-refractivity contribution is -0.120. The van der Waals surface area contributed by atoms with E-state index >= 15 is 0 Å². The molecule has 0 fully saturated rings. The van der Waals surface area contributed by atoms with Crippen molar-refractivity contribution in [3.05, 3.63) is 24.4 Å². The highest BCUT2D eigenvalue weighted by Crippen LogP contribution is 1.93. The molecule has 0 aromatic heterocycles. The Morgan fingerprint density at radius 3 is 3.22 bits per heavy atom. The van der Waals surface area contributed by atoms with E-state index < -0.39 is 0 Å². The molecule has 0 aromatic carbocycles. The molecule has 1 aliphatic rings. The van der Waals surface area contributed by atoms with Crippen molar-refractivity contribution in [3.8, 4) is 0 Å². The fraction of sp³-hybridized carbons (Fsp3) is 0.286. The maximum atomic E-state index is 10.6. The van der Waals surface area contributed by atoms with Crippen molar-refractivity contribution < 1.29 is 4.79 Å². The molecule has 1 rings (SSSR count). The summed E-state index contributed by atoms with van der Waals surface area (Å²) in [6.45, 7) is 0. The van der Waals surface area contributed by atoms with Crippen LogP contribution in [0.1, 0.15) is 12.8 Å². The first kappa shape index (κ1) is 6.08. The number of allylic oxidation sites excluding steroid dienone is 3. The number of amides is 1. The molecule has 0 bridgehead atoms. The smallest absolute Gasteiger partial charge is 0.224 e. The maximum absolute atomic E-state index is 10.6. The van der Waals surface area contributed by atoms with Crippen LogP contribution < -0.4 is 5.32 Å². The van der Waals surface area contributed by atoms with Crippen molar-refractivity contribution in [1.29, 1.82) is 0 Å². The van der Waals surface area contributed by atoms with Gasteiger partial charge in [-0.25, -0.2) is 0 Å². The molecule has 1 N–H and O–H groups in total. The lowest BCUT2D eigenvalue weighted by Crippen LogP contribution is -2.16. The summed E-state index contributed by atoms with van der Waals surface area (Å²) in [4.78, 5) is 10.6. The Morgan fingerprint density at radius 1 is 1.44 bits per heavy atom. The number of nitrogens with one attached hydrogen (secondary N) is 1. The van der Waals surface area contributed by atoms with Crippen LogP contribution in [0.2, 0.25) is 0 Å². The highest BCUT2D eigenvalue weighted by atomic mass is 16.1. The molecule has 0 spiro atoms. The highest BCUT2D eigenvalue weighted by Gasteiger charge is 1.95. The topological polar surface area (TPSA) is 29.1 Å². The third-order valence-electron chi connectivity index (χ3n) is 1.13. The first-order valence-corrected chi connectivity index (χ1v) is 3.00. The second-order valence-corrected chi connectivity index (χ2v) is 1.89. The zero-order chi connectivity index (χ0) is 6.53. The predicted octanol–water partition coefficient (Wildman–Crippen LogP) is 0.966. The Labute approximate surface area is 54.3 Å². The fourth-order valence-corrected chi connectivity index (χ4v) is 0.658. The summed E-state index contributed by atoms with van der Waals surface area (Å²) in [7, 11) is 0. The normalized spacial score (nSPS) is 25.6. The molecule has 0 saturated carbocycles. The minimum Gasteiger partial charge on any atom is -0.333 e. The minimum atomic E-state index is 0.0931. The summed E-state index contributed by atoms with van der Waals surface area (Å²) in [6.07, 6.45) is 8.82. The van der Waals surface area contributed by atoms with Crippen molar-refractivity contribution in [2.24, 2.45) is 0 Å². The molecule has 0 aliphatic carbocycles. The predicted molar refractivity (Wildman–Crippen MR) is 35.7 cm³/mol. The molecule has 1 heterocycles. The lowest BCUT2D eigenvalue weighted by Gasteiger charge is -1.97. The average molecular weight is 123 g/mol. The molecule has 0 unspecified atom stereocenters. The number of rotatable bonds is 0. The molecule has 9 heavy (non-hydrogen) atoms. The molecule has 1 amide bonds. The van der Waals surface area contributed by atoms with Gasteiger partial charge in [0.05, 0.1) is 0 Å². The van der Waals surface area contributed by atoms with Gasteiger partial charge in [-0.1, -0.05) is 12.2 Å². The Hall–Kier alpha value is -1.05. The molecule has 0 atom stereocenters. The SMILES string of the molecule is O=C1CC/C=C\C=C/N1. The van der Waals surface area contributed by atoms with Crippen LogP contribution in [0, 0.1) is 0 Å². The largest absolute Gasteiger partial charge is 0.333 e. The number of carbonyl (C=O) groups is 1. The standard InChI is InChI=1S/C7H9NO/c9-7-5-3-1-2-4-6-8-7/h1-2,4,6H,3,5H2,(H,8,9)/b2-1-,6-4-. The first-order chi connectivity index (χ1) is 4.39. The van der Waals surface area contributed by atoms with Gasteiger partial charge < -0.3 is 5.32 Å². The molecule has 0 saturated heterocycles.